The lowest BCUT2D eigenvalue weighted by Gasteiger charge is -2.13. The van der Waals surface area contributed by atoms with E-state index in [0.29, 0.717) is 18.7 Å². The topological polar surface area (TPSA) is 29.1 Å². The minimum absolute atomic E-state index is 0.0379. The van der Waals surface area contributed by atoms with Gasteiger partial charge in [-0.1, -0.05) is 13.8 Å². The number of rotatable bonds is 4. The number of alkyl halides is 6. The number of amides is 1. The Morgan fingerprint density at radius 3 is 1.91 bits per heavy atom. The van der Waals surface area contributed by atoms with Crippen LogP contribution in [-0.4, -0.2) is 12.5 Å². The summed E-state index contributed by atoms with van der Waals surface area (Å²) in [5.41, 5.74) is -3.20. The molecule has 0 unspecified atom stereocenters. The molecule has 1 aromatic rings. The highest BCUT2D eigenvalue weighted by atomic mass is 19.4. The van der Waals surface area contributed by atoms with Crippen LogP contribution in [0.15, 0.2) is 24.3 Å². The third-order valence-electron chi connectivity index (χ3n) is 2.72. The van der Waals surface area contributed by atoms with Gasteiger partial charge in [0, 0.05) is 12.6 Å². The molecule has 0 aliphatic heterocycles. The largest absolute Gasteiger partial charge is 0.416 e. The van der Waals surface area contributed by atoms with E-state index in [4.69, 9.17) is 0 Å². The maximum absolute atomic E-state index is 12.7. The second-order valence-electron chi connectivity index (χ2n) is 5.31. The number of carbonyl (C=O) groups excluding carboxylic acids is 1. The number of benzene rings is 1. The van der Waals surface area contributed by atoms with Crippen LogP contribution < -0.4 is 5.32 Å². The predicted octanol–water partition coefficient (Wildman–Crippen LogP) is 4.51. The summed E-state index contributed by atoms with van der Waals surface area (Å²) < 4.78 is 76.0. The molecule has 0 saturated carbocycles. The van der Waals surface area contributed by atoms with Gasteiger partial charge in [-0.2, -0.15) is 26.3 Å². The van der Waals surface area contributed by atoms with Crippen LogP contribution in [0.5, 0.6) is 0 Å². The van der Waals surface area contributed by atoms with Crippen LogP contribution in [0.1, 0.15) is 30.5 Å². The van der Waals surface area contributed by atoms with Crippen LogP contribution in [0.3, 0.4) is 0 Å². The first-order valence-corrected chi connectivity index (χ1v) is 6.65. The summed E-state index contributed by atoms with van der Waals surface area (Å²) in [6.07, 6.45) is -8.01. The summed E-state index contributed by atoms with van der Waals surface area (Å²) in [5, 5.41) is 2.47. The molecule has 0 heterocycles. The minimum atomic E-state index is -4.91. The van der Waals surface area contributed by atoms with Crippen molar-refractivity contribution in [3.8, 4) is 0 Å². The summed E-state index contributed by atoms with van der Waals surface area (Å²) in [4.78, 5) is 11.4. The van der Waals surface area contributed by atoms with Crippen molar-refractivity contribution in [2.24, 2.45) is 5.92 Å². The van der Waals surface area contributed by atoms with Crippen LogP contribution >= 0.6 is 0 Å². The molecule has 8 heteroatoms. The number of halogens is 6. The summed E-state index contributed by atoms with van der Waals surface area (Å²) in [6, 6.07) is 1.15. The second kappa shape index (κ2) is 7.06. The SMILES string of the molecule is CC(C)CNC(=O)/C=C/c1cc(C(F)(F)F)cc(C(F)(F)F)c1. The second-order valence-corrected chi connectivity index (χ2v) is 5.31. The fourth-order valence-electron chi connectivity index (χ4n) is 1.61. The number of nitrogens with one attached hydrogen (secondary N) is 1. The van der Waals surface area contributed by atoms with Crippen molar-refractivity contribution in [3.63, 3.8) is 0 Å². The molecular weight excluding hydrogens is 324 g/mol. The number of hydrogen-bond donors (Lipinski definition) is 1. The molecule has 0 bridgehead atoms. The van der Waals surface area contributed by atoms with Crippen LogP contribution in [0, 0.1) is 5.92 Å². The Morgan fingerprint density at radius 1 is 1.04 bits per heavy atom. The van der Waals surface area contributed by atoms with E-state index < -0.39 is 29.4 Å². The molecule has 1 aromatic carbocycles. The molecule has 0 saturated heterocycles. The number of hydrogen-bond acceptors (Lipinski definition) is 1. The fraction of sp³-hybridized carbons (Fsp3) is 0.400. The van der Waals surface area contributed by atoms with Gasteiger partial charge >= 0.3 is 12.4 Å². The molecule has 0 aliphatic carbocycles. The first-order valence-electron chi connectivity index (χ1n) is 6.65. The Morgan fingerprint density at radius 2 is 1.52 bits per heavy atom. The molecule has 0 aliphatic rings. The molecule has 2 nitrogen and oxygen atoms in total. The Balaban J connectivity index is 3.08. The zero-order valence-electron chi connectivity index (χ0n) is 12.3. The Hall–Kier alpha value is -1.99. The van der Waals surface area contributed by atoms with Crippen molar-refractivity contribution < 1.29 is 31.1 Å². The summed E-state index contributed by atoms with van der Waals surface area (Å²) in [7, 11) is 0. The van der Waals surface area contributed by atoms with Crippen LogP contribution in [0.2, 0.25) is 0 Å². The van der Waals surface area contributed by atoms with Crippen molar-refractivity contribution in [1.82, 2.24) is 5.32 Å². The van der Waals surface area contributed by atoms with Gasteiger partial charge in [0.1, 0.15) is 0 Å². The van der Waals surface area contributed by atoms with Gasteiger partial charge in [0.15, 0.2) is 0 Å². The van der Waals surface area contributed by atoms with Crippen molar-refractivity contribution >= 4 is 12.0 Å². The van der Waals surface area contributed by atoms with E-state index in [1.165, 1.54) is 0 Å². The molecule has 128 valence electrons. The Labute approximate surface area is 129 Å². The zero-order chi connectivity index (χ0) is 17.8. The van der Waals surface area contributed by atoms with Gasteiger partial charge in [-0.25, -0.2) is 0 Å². The highest BCUT2D eigenvalue weighted by Gasteiger charge is 2.36. The fourth-order valence-corrected chi connectivity index (χ4v) is 1.61. The first kappa shape index (κ1) is 19.1. The molecule has 0 fully saturated rings. The standard InChI is InChI=1S/C15H15F6NO/c1-9(2)8-22-13(23)4-3-10-5-11(14(16,17)18)7-12(6-10)15(19,20)21/h3-7,9H,8H2,1-2H3,(H,22,23)/b4-3+. The van der Waals surface area contributed by atoms with Gasteiger partial charge in [0.25, 0.3) is 0 Å². The molecule has 0 atom stereocenters. The Bertz CT molecular complexity index is 554. The van der Waals surface area contributed by atoms with Crippen LogP contribution in [0.4, 0.5) is 26.3 Å². The van der Waals surface area contributed by atoms with Crippen molar-refractivity contribution in [3.05, 3.63) is 41.0 Å². The van der Waals surface area contributed by atoms with E-state index in [0.717, 1.165) is 12.2 Å². The average molecular weight is 339 g/mol. The van der Waals surface area contributed by atoms with Gasteiger partial charge in [0.2, 0.25) is 5.91 Å². The highest BCUT2D eigenvalue weighted by molar-refractivity contribution is 5.91. The lowest BCUT2D eigenvalue weighted by Crippen LogP contribution is -2.25. The monoisotopic (exact) mass is 339 g/mol. The zero-order valence-corrected chi connectivity index (χ0v) is 12.3. The third kappa shape index (κ3) is 6.33. The van der Waals surface area contributed by atoms with Gasteiger partial charge in [-0.15, -0.1) is 0 Å². The quantitative estimate of drug-likeness (QED) is 0.635. The van der Waals surface area contributed by atoms with Gasteiger partial charge in [0.05, 0.1) is 11.1 Å². The number of carbonyl (C=O) groups is 1. The summed E-state index contributed by atoms with van der Waals surface area (Å²) in [5.74, 6) is -0.428. The maximum Gasteiger partial charge on any atom is 0.416 e. The van der Waals surface area contributed by atoms with E-state index in [2.05, 4.69) is 5.32 Å². The predicted molar refractivity (Wildman–Crippen MR) is 73.3 cm³/mol. The van der Waals surface area contributed by atoms with Crippen LogP contribution in [0.25, 0.3) is 6.08 Å². The smallest absolute Gasteiger partial charge is 0.352 e. The first-order chi connectivity index (χ1) is 10.4. The molecule has 23 heavy (non-hydrogen) atoms. The van der Waals surface area contributed by atoms with E-state index >= 15 is 0 Å². The molecule has 1 amide bonds. The summed E-state index contributed by atoms with van der Waals surface area (Å²) >= 11 is 0. The van der Waals surface area contributed by atoms with Crippen molar-refractivity contribution in [2.45, 2.75) is 26.2 Å². The molecule has 1 N–H and O–H groups in total. The van der Waals surface area contributed by atoms with E-state index in [-0.39, 0.29) is 17.5 Å². The highest BCUT2D eigenvalue weighted by Crippen LogP contribution is 2.36. The lowest BCUT2D eigenvalue weighted by molar-refractivity contribution is -0.143. The maximum atomic E-state index is 12.7. The van der Waals surface area contributed by atoms with Crippen LogP contribution in [-0.2, 0) is 17.1 Å². The van der Waals surface area contributed by atoms with Crippen molar-refractivity contribution in [2.75, 3.05) is 6.54 Å². The lowest BCUT2D eigenvalue weighted by atomic mass is 10.0. The average Bonchev–Trinajstić information content (AvgIpc) is 2.40. The van der Waals surface area contributed by atoms with E-state index in [1.54, 1.807) is 0 Å². The van der Waals surface area contributed by atoms with Gasteiger partial charge in [-0.3, -0.25) is 4.79 Å². The molecule has 0 aromatic heterocycles. The molecular formula is C15H15F6NO. The Kier molecular flexibility index (Phi) is 5.85. The van der Waals surface area contributed by atoms with E-state index in [1.807, 2.05) is 13.8 Å². The molecule has 0 radical (unpaired) electrons. The normalized spacial score (nSPS) is 12.9. The van der Waals surface area contributed by atoms with Gasteiger partial charge < -0.3 is 5.32 Å². The van der Waals surface area contributed by atoms with Crippen molar-refractivity contribution in [1.29, 1.82) is 0 Å². The van der Waals surface area contributed by atoms with E-state index in [9.17, 15) is 31.1 Å². The molecule has 0 spiro atoms. The third-order valence-corrected chi connectivity index (χ3v) is 2.72. The minimum Gasteiger partial charge on any atom is -0.352 e. The van der Waals surface area contributed by atoms with Gasteiger partial charge in [-0.05, 0) is 35.8 Å². The summed E-state index contributed by atoms with van der Waals surface area (Å²) in [6.45, 7) is 4.03. The molecule has 1 rings (SSSR count).